The van der Waals surface area contributed by atoms with Gasteiger partial charge in [0.2, 0.25) is 0 Å². The first-order chi connectivity index (χ1) is 20.7. The van der Waals surface area contributed by atoms with Crippen molar-refractivity contribution in [2.75, 3.05) is 4.90 Å². The van der Waals surface area contributed by atoms with Crippen LogP contribution in [0.2, 0.25) is 0 Å². The number of thiophene rings is 1. The molecule has 0 fully saturated rings. The number of para-hydroxylation sites is 1. The topological polar surface area (TPSA) is 39.3 Å². The Balaban J connectivity index is 1.39. The molecule has 0 spiro atoms. The van der Waals surface area contributed by atoms with Gasteiger partial charge < -0.3 is 20.9 Å². The molecule has 5 aliphatic rings. The second kappa shape index (κ2) is 10.1. The van der Waals surface area contributed by atoms with Crippen molar-refractivity contribution in [3.63, 3.8) is 0 Å². The van der Waals surface area contributed by atoms with Crippen LogP contribution in [0.15, 0.2) is 114 Å². The van der Waals surface area contributed by atoms with E-state index in [4.69, 9.17) is 0 Å². The number of fused-ring (bicyclic) bond motifs is 6. The standard InChI is InChI=1S/C37H34N4S/c1-23-9-7-16-39-35(23)25-19-26(36-24(2)10-8-17-40-36)21-27(20-25)41-31-13-5-3-11-28(31)34-30-22-38-18-15-33(30)42-37(34)29-12-4-6-14-32(29)41/h3,5-11,13-21,35-36,38-40H,4,12,22H2,1-2H3. The number of hydrogen-bond donors (Lipinski definition) is 3. The molecule has 0 amide bonds. The van der Waals surface area contributed by atoms with Crippen LogP contribution in [-0.4, -0.2) is 0 Å². The molecule has 5 heterocycles. The van der Waals surface area contributed by atoms with Crippen molar-refractivity contribution in [3.05, 3.63) is 141 Å². The number of rotatable bonds is 3. The molecule has 2 atom stereocenters. The van der Waals surface area contributed by atoms with Gasteiger partial charge in [-0.1, -0.05) is 42.5 Å². The van der Waals surface area contributed by atoms with Gasteiger partial charge in [0.05, 0.1) is 23.5 Å². The highest BCUT2D eigenvalue weighted by atomic mass is 32.1. The lowest BCUT2D eigenvalue weighted by molar-refractivity contribution is 0.683. The van der Waals surface area contributed by atoms with E-state index >= 15 is 0 Å². The zero-order valence-electron chi connectivity index (χ0n) is 23.9. The maximum atomic E-state index is 3.63. The fourth-order valence-corrected chi connectivity index (χ4v) is 8.28. The number of dihydropyridines is 2. The van der Waals surface area contributed by atoms with E-state index in [0.29, 0.717) is 0 Å². The summed E-state index contributed by atoms with van der Waals surface area (Å²) < 4.78 is 0. The lowest BCUT2D eigenvalue weighted by Gasteiger charge is -2.33. The molecule has 0 bridgehead atoms. The Labute approximate surface area is 251 Å². The number of hydrogen-bond acceptors (Lipinski definition) is 5. The zero-order chi connectivity index (χ0) is 28.2. The van der Waals surface area contributed by atoms with E-state index < -0.39 is 0 Å². The van der Waals surface area contributed by atoms with Crippen molar-refractivity contribution >= 4 is 34.4 Å². The molecule has 1 aromatic heterocycles. The van der Waals surface area contributed by atoms with E-state index in [-0.39, 0.29) is 12.1 Å². The van der Waals surface area contributed by atoms with E-state index in [0.717, 1.165) is 19.4 Å². The number of nitrogens with one attached hydrogen (secondary N) is 3. The smallest absolute Gasteiger partial charge is 0.0723 e. The van der Waals surface area contributed by atoms with Crippen LogP contribution in [0.25, 0.3) is 22.8 Å². The summed E-state index contributed by atoms with van der Waals surface area (Å²) in [6, 6.07) is 16.4. The van der Waals surface area contributed by atoms with Gasteiger partial charge in [0.1, 0.15) is 0 Å². The van der Waals surface area contributed by atoms with Gasteiger partial charge in [-0.25, -0.2) is 0 Å². The Hall–Kier alpha value is -4.48. The number of nitrogens with zero attached hydrogens (tertiary/aromatic N) is 1. The molecule has 4 nitrogen and oxygen atoms in total. The summed E-state index contributed by atoms with van der Waals surface area (Å²) in [5.74, 6) is 0. The molecule has 2 unspecified atom stereocenters. The third-order valence-corrected chi connectivity index (χ3v) is 10.2. The molecule has 3 aromatic rings. The highest BCUT2D eigenvalue weighted by molar-refractivity contribution is 7.14. The fourth-order valence-electron chi connectivity index (χ4n) is 6.96. The summed E-state index contributed by atoms with van der Waals surface area (Å²) in [4.78, 5) is 5.34. The van der Waals surface area contributed by atoms with Crippen LogP contribution < -0.4 is 20.9 Å². The molecule has 0 radical (unpaired) electrons. The van der Waals surface area contributed by atoms with Crippen molar-refractivity contribution in [2.45, 2.75) is 45.3 Å². The summed E-state index contributed by atoms with van der Waals surface area (Å²) in [6.45, 7) is 5.30. The molecule has 1 aliphatic carbocycles. The normalized spacial score (nSPS) is 21.6. The molecule has 0 saturated heterocycles. The van der Waals surface area contributed by atoms with Crippen LogP contribution in [-0.2, 0) is 6.54 Å². The Morgan fingerprint density at radius 1 is 0.857 bits per heavy atom. The number of benzene rings is 2. The molecular formula is C37H34N4S. The van der Waals surface area contributed by atoms with Crippen molar-refractivity contribution < 1.29 is 0 Å². The first-order valence-corrected chi connectivity index (χ1v) is 15.7. The minimum absolute atomic E-state index is 0.126. The van der Waals surface area contributed by atoms with Crippen LogP contribution in [0.1, 0.15) is 65.2 Å². The van der Waals surface area contributed by atoms with Gasteiger partial charge in [0.25, 0.3) is 0 Å². The third-order valence-electron chi connectivity index (χ3n) is 8.98. The molecule has 42 heavy (non-hydrogen) atoms. The Kier molecular flexibility index (Phi) is 6.08. The van der Waals surface area contributed by atoms with Gasteiger partial charge in [-0.3, -0.25) is 0 Å². The average molecular weight is 567 g/mol. The van der Waals surface area contributed by atoms with Crippen molar-refractivity contribution in [1.82, 2.24) is 16.0 Å². The van der Waals surface area contributed by atoms with Gasteiger partial charge in [-0.05, 0) is 121 Å². The largest absolute Gasteiger partial charge is 0.387 e. The summed E-state index contributed by atoms with van der Waals surface area (Å²) in [7, 11) is 0. The Morgan fingerprint density at radius 3 is 2.33 bits per heavy atom. The first kappa shape index (κ1) is 25.2. The van der Waals surface area contributed by atoms with Crippen LogP contribution in [0.3, 0.4) is 0 Å². The highest BCUT2D eigenvalue weighted by Gasteiger charge is 2.33. The second-order valence-electron chi connectivity index (χ2n) is 11.6. The van der Waals surface area contributed by atoms with Crippen LogP contribution >= 0.6 is 11.3 Å². The quantitative estimate of drug-likeness (QED) is 0.296. The first-order valence-electron chi connectivity index (χ1n) is 14.9. The second-order valence-corrected chi connectivity index (χ2v) is 12.7. The predicted octanol–water partition coefficient (Wildman–Crippen LogP) is 8.91. The minimum atomic E-state index is 0.126. The third kappa shape index (κ3) is 4.03. The summed E-state index contributed by atoms with van der Waals surface area (Å²) >= 11 is 1.95. The summed E-state index contributed by atoms with van der Waals surface area (Å²) in [5.41, 5.74) is 14.5. The minimum Gasteiger partial charge on any atom is -0.387 e. The van der Waals surface area contributed by atoms with E-state index in [1.54, 1.807) is 0 Å². The maximum Gasteiger partial charge on any atom is 0.0723 e. The SMILES string of the molecule is CC1=CC=CNC1c1cc(C2NC=CC=C2C)cc(N2C3=C(CCC=C3)c3sc4c(c3-c3ccccc32)CNC=C4)c1. The molecule has 8 rings (SSSR count). The van der Waals surface area contributed by atoms with Crippen molar-refractivity contribution in [3.8, 4) is 11.1 Å². The van der Waals surface area contributed by atoms with Gasteiger partial charge in [-0.2, -0.15) is 0 Å². The molecule has 2 aromatic carbocycles. The van der Waals surface area contributed by atoms with Crippen LogP contribution in [0, 0.1) is 0 Å². The maximum absolute atomic E-state index is 3.63. The van der Waals surface area contributed by atoms with E-state index in [1.807, 2.05) is 11.3 Å². The van der Waals surface area contributed by atoms with Gasteiger partial charge >= 0.3 is 0 Å². The van der Waals surface area contributed by atoms with E-state index in [9.17, 15) is 0 Å². The predicted molar refractivity (Wildman–Crippen MR) is 177 cm³/mol. The number of allylic oxidation sites excluding steroid dienone is 7. The van der Waals surface area contributed by atoms with Crippen molar-refractivity contribution in [1.29, 1.82) is 0 Å². The van der Waals surface area contributed by atoms with Crippen LogP contribution in [0.4, 0.5) is 11.4 Å². The van der Waals surface area contributed by atoms with E-state index in [1.165, 1.54) is 71.4 Å². The van der Waals surface area contributed by atoms with Crippen LogP contribution in [0.5, 0.6) is 0 Å². The molecular weight excluding hydrogens is 533 g/mol. The van der Waals surface area contributed by atoms with Gasteiger partial charge in [0, 0.05) is 33.1 Å². The molecule has 0 saturated carbocycles. The fraction of sp³-hybridized carbons (Fsp3) is 0.189. The van der Waals surface area contributed by atoms with Crippen molar-refractivity contribution in [2.24, 2.45) is 0 Å². The molecule has 5 heteroatoms. The monoisotopic (exact) mass is 566 g/mol. The van der Waals surface area contributed by atoms with E-state index in [2.05, 4.69) is 138 Å². The molecule has 208 valence electrons. The summed E-state index contributed by atoms with van der Waals surface area (Å²) in [5, 5.41) is 10.8. The summed E-state index contributed by atoms with van der Waals surface area (Å²) in [6.07, 6.45) is 23.9. The average Bonchev–Trinajstić information content (AvgIpc) is 3.36. The zero-order valence-corrected chi connectivity index (χ0v) is 24.8. The Morgan fingerprint density at radius 2 is 1.60 bits per heavy atom. The molecule has 4 aliphatic heterocycles. The lowest BCUT2D eigenvalue weighted by Crippen LogP contribution is -2.24. The highest BCUT2D eigenvalue weighted by Crippen LogP contribution is 2.53. The van der Waals surface area contributed by atoms with Gasteiger partial charge in [0.15, 0.2) is 0 Å². The molecule has 3 N–H and O–H groups in total. The number of anilines is 2. The van der Waals surface area contributed by atoms with Gasteiger partial charge in [-0.15, -0.1) is 11.3 Å². The Bertz CT molecular complexity index is 1770. The lowest BCUT2D eigenvalue weighted by atomic mass is 9.90.